The Balaban J connectivity index is 1.69. The number of nitrogens with zero attached hydrogens (tertiary/aromatic N) is 4. The Hall–Kier alpha value is -2.99. The Morgan fingerprint density at radius 1 is 1.11 bits per heavy atom. The predicted octanol–water partition coefficient (Wildman–Crippen LogP) is 5.10. The number of fused-ring (bicyclic) bond motifs is 1. The van der Waals surface area contributed by atoms with Crippen molar-refractivity contribution in [1.29, 1.82) is 0 Å². The molecule has 1 atom stereocenters. The van der Waals surface area contributed by atoms with Gasteiger partial charge in [0.15, 0.2) is 14.8 Å². The van der Waals surface area contributed by atoms with Crippen molar-refractivity contribution < 1.29 is 14.3 Å². The maximum Gasteiger partial charge on any atom is 0.278 e. The van der Waals surface area contributed by atoms with E-state index in [1.165, 1.54) is 23.1 Å². The molecule has 0 saturated carbocycles. The molecule has 3 heterocycles. The molecule has 198 valence electrons. The number of thiazole rings is 1. The van der Waals surface area contributed by atoms with Crippen molar-refractivity contribution in [2.45, 2.75) is 30.7 Å². The number of hydrogen-bond donors (Lipinski definition) is 0. The average Bonchev–Trinajstić information content (AvgIpc) is 3.28. The number of carbonyl (C=O) groups excluding carboxylic acids is 1. The van der Waals surface area contributed by atoms with Crippen LogP contribution in [0.25, 0.3) is 21.7 Å². The number of rotatable bonds is 8. The zero-order valence-electron chi connectivity index (χ0n) is 21.2. The molecule has 38 heavy (non-hydrogen) atoms. The first kappa shape index (κ1) is 26.6. The molecule has 0 unspecified atom stereocenters. The molecule has 0 spiro atoms. The summed E-state index contributed by atoms with van der Waals surface area (Å²) in [7, 11) is 0. The van der Waals surface area contributed by atoms with Gasteiger partial charge in [0.05, 0.1) is 36.4 Å². The molecule has 5 rings (SSSR count). The van der Waals surface area contributed by atoms with E-state index in [0.717, 1.165) is 5.69 Å². The summed E-state index contributed by atoms with van der Waals surface area (Å²) in [6.07, 6.45) is 0.590. The molecule has 11 heteroatoms. The molecular weight excluding hydrogens is 541 g/mol. The van der Waals surface area contributed by atoms with Gasteiger partial charge in [-0.2, -0.15) is 0 Å². The lowest BCUT2D eigenvalue weighted by molar-refractivity contribution is -0.134. The molecule has 1 saturated heterocycles. The zero-order chi connectivity index (χ0) is 26.6. The molecule has 1 aliphatic heterocycles. The van der Waals surface area contributed by atoms with E-state index in [2.05, 4.69) is 0 Å². The van der Waals surface area contributed by atoms with Gasteiger partial charge in [-0.05, 0) is 49.8 Å². The Morgan fingerprint density at radius 3 is 2.53 bits per heavy atom. The van der Waals surface area contributed by atoms with Crippen LogP contribution in [-0.2, 0) is 9.53 Å². The van der Waals surface area contributed by atoms with E-state index in [-0.39, 0.29) is 11.5 Å². The lowest BCUT2D eigenvalue weighted by Crippen LogP contribution is -2.44. The Morgan fingerprint density at radius 2 is 1.82 bits per heavy atom. The number of para-hydroxylation sites is 3. The summed E-state index contributed by atoms with van der Waals surface area (Å²) in [6.45, 7) is 6.57. The number of carbonyl (C=O) groups is 1. The molecule has 8 nitrogen and oxygen atoms in total. The van der Waals surface area contributed by atoms with Gasteiger partial charge >= 0.3 is 0 Å². The second-order valence-electron chi connectivity index (χ2n) is 8.58. The summed E-state index contributed by atoms with van der Waals surface area (Å²) in [5, 5.41) is 0.0378. The van der Waals surface area contributed by atoms with Gasteiger partial charge in [-0.1, -0.05) is 60.4 Å². The zero-order valence-corrected chi connectivity index (χ0v) is 23.6. The van der Waals surface area contributed by atoms with Crippen molar-refractivity contribution >= 4 is 51.6 Å². The van der Waals surface area contributed by atoms with E-state index in [1.54, 1.807) is 9.13 Å². The second-order valence-corrected chi connectivity index (χ2v) is 11.4. The van der Waals surface area contributed by atoms with Crippen molar-refractivity contribution in [3.05, 3.63) is 68.9 Å². The third-order valence-corrected chi connectivity index (χ3v) is 8.87. The van der Waals surface area contributed by atoms with E-state index in [0.29, 0.717) is 70.2 Å². The fraction of sp³-hybridized carbons (Fsp3) is 0.333. The van der Waals surface area contributed by atoms with Gasteiger partial charge < -0.3 is 14.4 Å². The normalized spacial score (nSPS) is 14.5. The molecule has 1 fully saturated rings. The highest BCUT2D eigenvalue weighted by Crippen LogP contribution is 2.33. The second kappa shape index (κ2) is 11.8. The highest BCUT2D eigenvalue weighted by Gasteiger charge is 2.28. The first-order valence-corrected chi connectivity index (χ1v) is 14.6. The first-order chi connectivity index (χ1) is 18.5. The Bertz CT molecular complexity index is 1560. The monoisotopic (exact) mass is 568 g/mol. The highest BCUT2D eigenvalue weighted by molar-refractivity contribution is 8.00. The van der Waals surface area contributed by atoms with Crippen LogP contribution in [0.15, 0.2) is 64.5 Å². The van der Waals surface area contributed by atoms with Crippen molar-refractivity contribution in [1.82, 2.24) is 19.0 Å². The van der Waals surface area contributed by atoms with Crippen LogP contribution in [0.4, 0.5) is 0 Å². The number of aromatic nitrogens is 3. The van der Waals surface area contributed by atoms with E-state index >= 15 is 0 Å². The van der Waals surface area contributed by atoms with E-state index in [4.69, 9.17) is 26.7 Å². The summed E-state index contributed by atoms with van der Waals surface area (Å²) in [6, 6.07) is 17.0. The largest absolute Gasteiger partial charge is 0.492 e. The molecule has 0 N–H and O–H groups in total. The van der Waals surface area contributed by atoms with Gasteiger partial charge in [0, 0.05) is 13.1 Å². The molecule has 1 aliphatic rings. The Kier molecular flexibility index (Phi) is 8.27. The van der Waals surface area contributed by atoms with Crippen molar-refractivity contribution in [2.24, 2.45) is 0 Å². The lowest BCUT2D eigenvalue weighted by atomic mass is 10.2. The predicted molar refractivity (Wildman–Crippen MR) is 154 cm³/mol. The highest BCUT2D eigenvalue weighted by atomic mass is 32.2. The maximum absolute atomic E-state index is 14.0. The first-order valence-electron chi connectivity index (χ1n) is 12.5. The van der Waals surface area contributed by atoms with Gasteiger partial charge in [0.25, 0.3) is 5.56 Å². The third kappa shape index (κ3) is 5.15. The number of hydrogen-bond acceptors (Lipinski definition) is 8. The van der Waals surface area contributed by atoms with E-state index in [1.807, 2.05) is 73.3 Å². The van der Waals surface area contributed by atoms with Gasteiger partial charge in [-0.25, -0.2) is 4.98 Å². The fourth-order valence-corrected chi connectivity index (χ4v) is 6.77. The number of amides is 1. The average molecular weight is 569 g/mol. The third-order valence-electron chi connectivity index (χ3n) is 6.21. The van der Waals surface area contributed by atoms with Gasteiger partial charge in [0.1, 0.15) is 10.4 Å². The number of ether oxygens (including phenoxy) is 2. The quantitative estimate of drug-likeness (QED) is 0.166. The molecule has 2 aromatic carbocycles. The summed E-state index contributed by atoms with van der Waals surface area (Å²) < 4.78 is 15.6. The van der Waals surface area contributed by atoms with Crippen LogP contribution in [0.5, 0.6) is 5.75 Å². The molecule has 1 amide bonds. The number of thioether (sulfide) groups is 1. The standard InChI is InChI=1S/C27H28N4O4S3/c1-3-21(24(32)29-14-16-34-17-15-29)37-26-28-23-22(25(33)30(26)18-10-6-5-7-11-18)38-27(36)31(23)19-12-8-9-13-20(19)35-4-2/h5-13,21H,3-4,14-17H2,1-2H3/t21-/m1/s1. The van der Waals surface area contributed by atoms with E-state index in [9.17, 15) is 9.59 Å². The van der Waals surface area contributed by atoms with Crippen LogP contribution >= 0.6 is 35.3 Å². The van der Waals surface area contributed by atoms with Crippen molar-refractivity contribution in [3.63, 3.8) is 0 Å². The Labute approximate surface area is 233 Å². The van der Waals surface area contributed by atoms with Crippen LogP contribution in [-0.4, -0.2) is 63.1 Å². The molecule has 0 radical (unpaired) electrons. The summed E-state index contributed by atoms with van der Waals surface area (Å²) >= 11 is 8.28. The summed E-state index contributed by atoms with van der Waals surface area (Å²) in [5.74, 6) is 0.682. The van der Waals surface area contributed by atoms with Crippen LogP contribution in [0.3, 0.4) is 0 Å². The molecule has 0 aliphatic carbocycles. The molecule has 0 bridgehead atoms. The minimum atomic E-state index is -0.404. The number of morpholine rings is 1. The topological polar surface area (TPSA) is 78.6 Å². The minimum Gasteiger partial charge on any atom is -0.492 e. The SMILES string of the molecule is CCOc1ccccc1-n1c(=S)sc2c(=O)n(-c3ccccc3)c(S[C@H](CC)C(=O)N3CCOCC3)nc21. The van der Waals surface area contributed by atoms with Crippen molar-refractivity contribution in [3.8, 4) is 17.1 Å². The maximum atomic E-state index is 14.0. The molecule has 4 aromatic rings. The smallest absolute Gasteiger partial charge is 0.278 e. The fourth-order valence-electron chi connectivity index (χ4n) is 4.37. The summed E-state index contributed by atoms with van der Waals surface area (Å²) in [5.41, 5.74) is 1.65. The molecular formula is C27H28N4O4S3. The van der Waals surface area contributed by atoms with Crippen LogP contribution < -0.4 is 10.3 Å². The van der Waals surface area contributed by atoms with Gasteiger partial charge in [0.2, 0.25) is 5.91 Å². The minimum absolute atomic E-state index is 0.0265. The van der Waals surface area contributed by atoms with Crippen molar-refractivity contribution in [2.75, 3.05) is 32.9 Å². The lowest BCUT2D eigenvalue weighted by Gasteiger charge is -2.30. The van der Waals surface area contributed by atoms with Gasteiger partial charge in [-0.15, -0.1) is 0 Å². The van der Waals surface area contributed by atoms with E-state index < -0.39 is 5.25 Å². The van der Waals surface area contributed by atoms with Crippen LogP contribution in [0.1, 0.15) is 20.3 Å². The molecule has 2 aromatic heterocycles. The number of benzene rings is 2. The summed E-state index contributed by atoms with van der Waals surface area (Å²) in [4.78, 5) is 34.3. The van der Waals surface area contributed by atoms with Crippen LogP contribution in [0.2, 0.25) is 0 Å². The van der Waals surface area contributed by atoms with Crippen LogP contribution in [0, 0.1) is 3.95 Å². The van der Waals surface area contributed by atoms with Gasteiger partial charge in [-0.3, -0.25) is 18.7 Å².